The monoisotopic (exact) mass is 366 g/mol. The number of rotatable bonds is 8. The fraction of sp³-hybridized carbons (Fsp3) is 0.737. The van der Waals surface area contributed by atoms with Gasteiger partial charge in [0.1, 0.15) is 0 Å². The van der Waals surface area contributed by atoms with Gasteiger partial charge in [0.05, 0.1) is 12.1 Å². The summed E-state index contributed by atoms with van der Waals surface area (Å²) < 4.78 is 0. The number of thiophene rings is 1. The second kappa shape index (κ2) is 10.1. The lowest BCUT2D eigenvalue weighted by molar-refractivity contribution is 0.0417. The summed E-state index contributed by atoms with van der Waals surface area (Å²) in [6.07, 6.45) is 3.71. The molecule has 0 aliphatic carbocycles. The molecule has 0 unspecified atom stereocenters. The summed E-state index contributed by atoms with van der Waals surface area (Å²) >= 11 is 1.77. The van der Waals surface area contributed by atoms with Gasteiger partial charge in [0.2, 0.25) is 0 Å². The van der Waals surface area contributed by atoms with Crippen LogP contribution in [0, 0.1) is 0 Å². The van der Waals surface area contributed by atoms with Crippen LogP contribution in [0.4, 0.5) is 0 Å². The largest absolute Gasteiger partial charge is 0.388 e. The molecule has 0 amide bonds. The minimum Gasteiger partial charge on any atom is -0.388 e. The first-order chi connectivity index (χ1) is 12.1. The van der Waals surface area contributed by atoms with Gasteiger partial charge in [0, 0.05) is 32.2 Å². The van der Waals surface area contributed by atoms with E-state index in [1.807, 2.05) is 13.8 Å². The molecule has 2 rings (SSSR count). The van der Waals surface area contributed by atoms with Gasteiger partial charge in [-0.3, -0.25) is 9.89 Å². The summed E-state index contributed by atoms with van der Waals surface area (Å²) in [4.78, 5) is 7.16. The van der Waals surface area contributed by atoms with E-state index in [-0.39, 0.29) is 0 Å². The molecule has 1 aliphatic rings. The summed E-state index contributed by atoms with van der Waals surface area (Å²) in [6.45, 7) is 10.7. The molecule has 0 atom stereocenters. The predicted octanol–water partition coefficient (Wildman–Crippen LogP) is 2.82. The van der Waals surface area contributed by atoms with Gasteiger partial charge in [-0.05, 0) is 55.0 Å². The van der Waals surface area contributed by atoms with Crippen LogP contribution < -0.4 is 10.6 Å². The lowest BCUT2D eigenvalue weighted by Gasteiger charge is -2.33. The van der Waals surface area contributed by atoms with Crippen molar-refractivity contribution in [1.82, 2.24) is 15.5 Å². The first kappa shape index (κ1) is 20.2. The summed E-state index contributed by atoms with van der Waals surface area (Å²) in [6, 6.07) is 2.67. The SMILES string of the molecule is CCNC(=NCC(O)(CC)CC)NC1CCN(Cc2ccsc2)CC1. The maximum atomic E-state index is 10.4. The minimum absolute atomic E-state index is 0.451. The van der Waals surface area contributed by atoms with E-state index >= 15 is 0 Å². The minimum atomic E-state index is -0.688. The Morgan fingerprint density at radius 2 is 2.04 bits per heavy atom. The fourth-order valence-corrected chi connectivity index (χ4v) is 3.75. The molecule has 2 heterocycles. The Morgan fingerprint density at radius 3 is 2.60 bits per heavy atom. The summed E-state index contributed by atoms with van der Waals surface area (Å²) in [5, 5.41) is 21.7. The van der Waals surface area contributed by atoms with Crippen molar-refractivity contribution in [2.75, 3.05) is 26.2 Å². The van der Waals surface area contributed by atoms with Crippen LogP contribution in [0.2, 0.25) is 0 Å². The number of hydrogen-bond acceptors (Lipinski definition) is 4. The first-order valence-corrected chi connectivity index (χ1v) is 10.5. The lowest BCUT2D eigenvalue weighted by Crippen LogP contribution is -2.49. The van der Waals surface area contributed by atoms with Crippen LogP contribution in [-0.4, -0.2) is 53.8 Å². The van der Waals surface area contributed by atoms with Crippen LogP contribution in [0.25, 0.3) is 0 Å². The van der Waals surface area contributed by atoms with E-state index in [1.165, 1.54) is 5.56 Å². The third-order valence-electron chi connectivity index (χ3n) is 5.11. The Hall–Kier alpha value is -1.11. The van der Waals surface area contributed by atoms with Crippen molar-refractivity contribution in [3.05, 3.63) is 22.4 Å². The van der Waals surface area contributed by atoms with Crippen LogP contribution >= 0.6 is 11.3 Å². The van der Waals surface area contributed by atoms with Crippen molar-refractivity contribution in [3.8, 4) is 0 Å². The average molecular weight is 367 g/mol. The summed E-state index contributed by atoms with van der Waals surface area (Å²) in [5.74, 6) is 0.833. The molecule has 0 radical (unpaired) electrons. The average Bonchev–Trinajstić information content (AvgIpc) is 3.14. The van der Waals surface area contributed by atoms with Gasteiger partial charge in [-0.2, -0.15) is 11.3 Å². The van der Waals surface area contributed by atoms with Crippen LogP contribution in [0.5, 0.6) is 0 Å². The molecule has 1 saturated heterocycles. The molecule has 5 nitrogen and oxygen atoms in total. The smallest absolute Gasteiger partial charge is 0.191 e. The molecule has 0 saturated carbocycles. The van der Waals surface area contributed by atoms with E-state index in [0.717, 1.165) is 57.8 Å². The van der Waals surface area contributed by atoms with Gasteiger partial charge >= 0.3 is 0 Å². The quantitative estimate of drug-likeness (QED) is 0.489. The van der Waals surface area contributed by atoms with Gasteiger partial charge < -0.3 is 15.7 Å². The van der Waals surface area contributed by atoms with Crippen molar-refractivity contribution in [2.24, 2.45) is 4.99 Å². The molecule has 1 aromatic heterocycles. The third-order valence-corrected chi connectivity index (χ3v) is 5.84. The Bertz CT molecular complexity index is 506. The lowest BCUT2D eigenvalue weighted by atomic mass is 9.98. The Morgan fingerprint density at radius 1 is 1.32 bits per heavy atom. The molecule has 0 spiro atoms. The maximum absolute atomic E-state index is 10.4. The molecular weight excluding hydrogens is 332 g/mol. The van der Waals surface area contributed by atoms with Crippen molar-refractivity contribution in [1.29, 1.82) is 0 Å². The molecule has 1 fully saturated rings. The third kappa shape index (κ3) is 6.60. The van der Waals surface area contributed by atoms with E-state index in [2.05, 4.69) is 44.3 Å². The molecule has 3 N–H and O–H groups in total. The van der Waals surface area contributed by atoms with Gasteiger partial charge in [-0.25, -0.2) is 0 Å². The van der Waals surface area contributed by atoms with Crippen LogP contribution in [0.15, 0.2) is 21.8 Å². The van der Waals surface area contributed by atoms with E-state index in [1.54, 1.807) is 11.3 Å². The van der Waals surface area contributed by atoms with Crippen LogP contribution in [0.3, 0.4) is 0 Å². The van der Waals surface area contributed by atoms with Crippen molar-refractivity contribution in [3.63, 3.8) is 0 Å². The zero-order chi connectivity index (χ0) is 18.1. The van der Waals surface area contributed by atoms with Crippen LogP contribution in [-0.2, 0) is 6.54 Å². The van der Waals surface area contributed by atoms with Gasteiger partial charge in [0.25, 0.3) is 0 Å². The molecule has 1 aromatic rings. The zero-order valence-corrected chi connectivity index (χ0v) is 16.7. The Balaban J connectivity index is 1.82. The number of likely N-dealkylation sites (tertiary alicyclic amines) is 1. The number of aliphatic imine (C=N–C) groups is 1. The molecule has 6 heteroatoms. The highest BCUT2D eigenvalue weighted by Crippen LogP contribution is 2.16. The summed E-state index contributed by atoms with van der Waals surface area (Å²) in [7, 11) is 0. The molecule has 0 bridgehead atoms. The van der Waals surface area contributed by atoms with E-state index in [4.69, 9.17) is 0 Å². The second-order valence-corrected chi connectivity index (χ2v) is 7.73. The van der Waals surface area contributed by atoms with Gasteiger partial charge in [-0.15, -0.1) is 0 Å². The normalized spacial score (nSPS) is 17.7. The molecule has 25 heavy (non-hydrogen) atoms. The first-order valence-electron chi connectivity index (χ1n) is 9.59. The van der Waals surface area contributed by atoms with Crippen molar-refractivity contribution < 1.29 is 5.11 Å². The highest BCUT2D eigenvalue weighted by atomic mass is 32.1. The van der Waals surface area contributed by atoms with Gasteiger partial charge in [-0.1, -0.05) is 13.8 Å². The van der Waals surface area contributed by atoms with E-state index in [0.29, 0.717) is 12.6 Å². The highest BCUT2D eigenvalue weighted by Gasteiger charge is 2.23. The second-order valence-electron chi connectivity index (χ2n) is 6.95. The predicted molar refractivity (Wildman–Crippen MR) is 107 cm³/mol. The topological polar surface area (TPSA) is 59.9 Å². The maximum Gasteiger partial charge on any atom is 0.191 e. The Labute approximate surface area is 156 Å². The number of guanidine groups is 1. The Kier molecular flexibility index (Phi) is 8.19. The zero-order valence-electron chi connectivity index (χ0n) is 15.9. The number of nitrogens with zero attached hydrogens (tertiary/aromatic N) is 2. The molecule has 142 valence electrons. The highest BCUT2D eigenvalue weighted by molar-refractivity contribution is 7.07. The van der Waals surface area contributed by atoms with Crippen molar-refractivity contribution >= 4 is 17.3 Å². The van der Waals surface area contributed by atoms with Crippen molar-refractivity contribution in [2.45, 2.75) is 64.6 Å². The fourth-order valence-electron chi connectivity index (χ4n) is 3.09. The standard InChI is InChI=1S/C19H34N4OS/c1-4-19(24,5-2)15-21-18(20-6-3)22-17-7-10-23(11-8-17)13-16-9-12-25-14-16/h9,12,14,17,24H,4-8,10-11,13,15H2,1-3H3,(H2,20,21,22). The molecule has 0 aromatic carbocycles. The number of aliphatic hydroxyl groups is 1. The van der Waals surface area contributed by atoms with Gasteiger partial charge in [0.15, 0.2) is 5.96 Å². The molecule has 1 aliphatic heterocycles. The van der Waals surface area contributed by atoms with E-state index in [9.17, 15) is 5.11 Å². The number of hydrogen-bond donors (Lipinski definition) is 3. The number of piperidine rings is 1. The summed E-state index contributed by atoms with van der Waals surface area (Å²) in [5.41, 5.74) is 0.733. The number of nitrogens with one attached hydrogen (secondary N) is 2. The molecular formula is C19H34N4OS. The van der Waals surface area contributed by atoms with E-state index < -0.39 is 5.60 Å². The van der Waals surface area contributed by atoms with Crippen LogP contribution in [0.1, 0.15) is 52.0 Å².